The molecule has 0 aromatic heterocycles. The molecule has 1 aromatic rings. The van der Waals surface area contributed by atoms with Crippen molar-refractivity contribution in [3.05, 3.63) is 29.8 Å². The van der Waals surface area contributed by atoms with Crippen molar-refractivity contribution in [3.63, 3.8) is 0 Å². The lowest BCUT2D eigenvalue weighted by atomic mass is 10.0. The maximum absolute atomic E-state index is 13.1. The van der Waals surface area contributed by atoms with E-state index in [0.29, 0.717) is 24.4 Å². The van der Waals surface area contributed by atoms with Crippen LogP contribution in [0.15, 0.2) is 24.3 Å². The van der Waals surface area contributed by atoms with Crippen molar-refractivity contribution in [1.82, 2.24) is 0 Å². The van der Waals surface area contributed by atoms with Gasteiger partial charge in [0, 0.05) is 0 Å². The van der Waals surface area contributed by atoms with E-state index in [2.05, 4.69) is 27.7 Å². The van der Waals surface area contributed by atoms with Gasteiger partial charge in [-0.05, 0) is 36.5 Å². The molecule has 1 rings (SSSR count). The zero-order chi connectivity index (χ0) is 20.0. The summed E-state index contributed by atoms with van der Waals surface area (Å²) in [5, 5.41) is 0. The predicted octanol–water partition coefficient (Wildman–Crippen LogP) is 8.34. The van der Waals surface area contributed by atoms with Crippen molar-refractivity contribution in [2.24, 2.45) is 0 Å². The molecular weight excluding hydrogens is 355 g/mol. The fraction of sp³-hybridized carbons (Fsp3) is 0.739. The smallest absolute Gasteiger partial charge is 0.379 e. The largest absolute Gasteiger partial charge is 0.424 e. The molecule has 0 saturated carbocycles. The van der Waals surface area contributed by atoms with E-state index in [-0.39, 0.29) is 0 Å². The molecule has 1 aromatic carbocycles. The third-order valence-electron chi connectivity index (χ3n) is 4.86. The van der Waals surface area contributed by atoms with Crippen molar-refractivity contribution in [2.75, 3.05) is 12.8 Å². The Morgan fingerprint density at radius 1 is 0.815 bits per heavy atom. The second kappa shape index (κ2) is 14.2. The Balaban J connectivity index is 2.40. The number of rotatable bonds is 16. The van der Waals surface area contributed by atoms with E-state index in [4.69, 9.17) is 9.05 Å². The Morgan fingerprint density at radius 2 is 1.37 bits per heavy atom. The summed E-state index contributed by atoms with van der Waals surface area (Å²) in [7, 11) is -3.07. The first-order valence-corrected chi connectivity index (χ1v) is 12.8. The van der Waals surface area contributed by atoms with E-state index in [1.165, 1.54) is 44.1 Å². The van der Waals surface area contributed by atoms with Gasteiger partial charge in [0.1, 0.15) is 5.75 Å². The van der Waals surface area contributed by atoms with Gasteiger partial charge in [-0.3, -0.25) is 4.52 Å². The van der Waals surface area contributed by atoms with Gasteiger partial charge < -0.3 is 4.52 Å². The Bertz CT molecular complexity index is 525. The summed E-state index contributed by atoms with van der Waals surface area (Å²) in [5.74, 6) is 1.12. The van der Waals surface area contributed by atoms with Crippen LogP contribution >= 0.6 is 7.60 Å². The van der Waals surface area contributed by atoms with Gasteiger partial charge in [0.2, 0.25) is 0 Å². The first-order valence-electron chi connectivity index (χ1n) is 11.0. The molecule has 156 valence electrons. The average Bonchev–Trinajstić information content (AvgIpc) is 2.65. The Morgan fingerprint density at radius 3 is 1.93 bits per heavy atom. The number of unbranched alkanes of at least 4 members (excludes halogenated alkanes) is 8. The van der Waals surface area contributed by atoms with Crippen molar-refractivity contribution in [3.8, 4) is 5.75 Å². The third-order valence-corrected chi connectivity index (χ3v) is 6.79. The number of benzene rings is 1. The molecule has 0 heterocycles. The van der Waals surface area contributed by atoms with Crippen LogP contribution in [0.25, 0.3) is 0 Å². The molecule has 0 aliphatic carbocycles. The van der Waals surface area contributed by atoms with Gasteiger partial charge in [-0.25, -0.2) is 4.57 Å². The van der Waals surface area contributed by atoms with Crippen molar-refractivity contribution >= 4 is 7.60 Å². The second-order valence-corrected chi connectivity index (χ2v) is 9.92. The molecule has 0 N–H and O–H groups in total. The van der Waals surface area contributed by atoms with Gasteiger partial charge >= 0.3 is 7.60 Å². The van der Waals surface area contributed by atoms with E-state index < -0.39 is 7.60 Å². The molecule has 4 heteroatoms. The van der Waals surface area contributed by atoms with Gasteiger partial charge in [-0.2, -0.15) is 0 Å². The molecular formula is C23H41O3P. The topological polar surface area (TPSA) is 35.5 Å². The van der Waals surface area contributed by atoms with Gasteiger partial charge in [-0.15, -0.1) is 0 Å². The van der Waals surface area contributed by atoms with Crippen LogP contribution in [0.4, 0.5) is 0 Å². The predicted molar refractivity (Wildman–Crippen MR) is 117 cm³/mol. The summed E-state index contributed by atoms with van der Waals surface area (Å²) in [6.45, 7) is 9.19. The highest BCUT2D eigenvalue weighted by atomic mass is 31.2. The molecule has 0 bridgehead atoms. The molecule has 1 atom stereocenters. The summed E-state index contributed by atoms with van der Waals surface area (Å²) in [5.41, 5.74) is 1.26. The minimum atomic E-state index is -3.07. The highest BCUT2D eigenvalue weighted by Gasteiger charge is 2.25. The molecule has 1 unspecified atom stereocenters. The molecule has 0 aliphatic heterocycles. The average molecular weight is 397 g/mol. The molecule has 0 saturated heterocycles. The summed E-state index contributed by atoms with van der Waals surface area (Å²) in [4.78, 5) is 0. The van der Waals surface area contributed by atoms with Crippen LogP contribution in [0, 0.1) is 0 Å². The normalized spacial score (nSPS) is 13.7. The Hall–Kier alpha value is -0.790. The lowest BCUT2D eigenvalue weighted by molar-refractivity contribution is 0.257. The number of hydrogen-bond acceptors (Lipinski definition) is 3. The van der Waals surface area contributed by atoms with Crippen LogP contribution in [0.1, 0.15) is 103 Å². The first kappa shape index (κ1) is 24.2. The van der Waals surface area contributed by atoms with Crippen LogP contribution in [-0.4, -0.2) is 12.8 Å². The molecule has 0 spiro atoms. The van der Waals surface area contributed by atoms with Crippen LogP contribution in [0.2, 0.25) is 0 Å². The molecule has 0 fully saturated rings. The summed E-state index contributed by atoms with van der Waals surface area (Å²) >= 11 is 0. The Labute approximate surface area is 167 Å². The fourth-order valence-electron chi connectivity index (χ4n) is 3.00. The summed E-state index contributed by atoms with van der Waals surface area (Å²) in [6.07, 6.45) is 12.3. The zero-order valence-corrected chi connectivity index (χ0v) is 18.9. The van der Waals surface area contributed by atoms with Crippen molar-refractivity contribution in [2.45, 2.75) is 97.8 Å². The quantitative estimate of drug-likeness (QED) is 0.208. The van der Waals surface area contributed by atoms with E-state index >= 15 is 0 Å². The molecule has 27 heavy (non-hydrogen) atoms. The fourth-order valence-corrected chi connectivity index (χ4v) is 4.83. The monoisotopic (exact) mass is 396 g/mol. The van der Waals surface area contributed by atoms with Crippen molar-refractivity contribution in [1.29, 1.82) is 0 Å². The van der Waals surface area contributed by atoms with E-state index in [1.807, 2.05) is 24.3 Å². The SMILES string of the molecule is CCCCCCCCCCOP(=O)(CCCC)Oc1ccc(C(C)C)cc1. The molecule has 0 amide bonds. The van der Waals surface area contributed by atoms with Gasteiger partial charge in [0.25, 0.3) is 0 Å². The zero-order valence-electron chi connectivity index (χ0n) is 18.0. The van der Waals surface area contributed by atoms with Crippen molar-refractivity contribution < 1.29 is 13.6 Å². The lowest BCUT2D eigenvalue weighted by Gasteiger charge is -2.19. The van der Waals surface area contributed by atoms with Gasteiger partial charge in [0.15, 0.2) is 0 Å². The van der Waals surface area contributed by atoms with Gasteiger partial charge in [-0.1, -0.05) is 91.2 Å². The van der Waals surface area contributed by atoms with Crippen LogP contribution in [0.3, 0.4) is 0 Å². The molecule has 3 nitrogen and oxygen atoms in total. The minimum Gasteiger partial charge on any atom is -0.424 e. The Kier molecular flexibility index (Phi) is 12.8. The molecule has 0 radical (unpaired) electrons. The minimum absolute atomic E-state index is 0.476. The van der Waals surface area contributed by atoms with Crippen LogP contribution < -0.4 is 4.52 Å². The summed E-state index contributed by atoms with van der Waals surface area (Å²) < 4.78 is 24.8. The standard InChI is InChI=1S/C23H41O3P/c1-5-7-9-10-11-12-13-14-19-25-27(24,20-8-6-2)26-23-17-15-22(16-18-23)21(3)4/h15-18,21H,5-14,19-20H2,1-4H3. The molecule has 0 aliphatic rings. The van der Waals surface area contributed by atoms with E-state index in [0.717, 1.165) is 25.7 Å². The lowest BCUT2D eigenvalue weighted by Crippen LogP contribution is -2.04. The van der Waals surface area contributed by atoms with E-state index in [1.54, 1.807) is 0 Å². The highest BCUT2D eigenvalue weighted by molar-refractivity contribution is 7.54. The van der Waals surface area contributed by atoms with Gasteiger partial charge in [0.05, 0.1) is 12.8 Å². The summed E-state index contributed by atoms with van der Waals surface area (Å²) in [6, 6.07) is 7.91. The second-order valence-electron chi connectivity index (χ2n) is 7.81. The van der Waals surface area contributed by atoms with E-state index in [9.17, 15) is 4.57 Å². The maximum Gasteiger partial charge on any atom is 0.379 e. The van der Waals surface area contributed by atoms with Crippen LogP contribution in [-0.2, 0) is 9.09 Å². The number of hydrogen-bond donors (Lipinski definition) is 0. The van der Waals surface area contributed by atoms with Crippen LogP contribution in [0.5, 0.6) is 5.75 Å². The first-order chi connectivity index (χ1) is 13.0. The highest BCUT2D eigenvalue weighted by Crippen LogP contribution is 2.49. The third kappa shape index (κ3) is 11.0. The maximum atomic E-state index is 13.1.